The van der Waals surface area contributed by atoms with E-state index in [-0.39, 0.29) is 12.3 Å². The molecule has 0 atom stereocenters. The molecule has 0 aromatic heterocycles. The number of para-hydroxylation sites is 1. The molecule has 0 aliphatic carbocycles. The molecule has 0 spiro atoms. The van der Waals surface area contributed by atoms with Crippen molar-refractivity contribution in [3.05, 3.63) is 60.2 Å². The zero-order chi connectivity index (χ0) is 13.5. The maximum Gasteiger partial charge on any atom is 0.181 e. The molecule has 3 nitrogen and oxygen atoms in total. The number of Topliss-reactive ketones (excluding diaryl/α,β-unsaturated/α-hetero) is 1. The summed E-state index contributed by atoms with van der Waals surface area (Å²) in [5.74, 6) is 0.849. The molecule has 2 aromatic carbocycles. The van der Waals surface area contributed by atoms with E-state index in [9.17, 15) is 4.79 Å². The molecule has 0 saturated carbocycles. The van der Waals surface area contributed by atoms with E-state index in [0.29, 0.717) is 12.2 Å². The van der Waals surface area contributed by atoms with E-state index in [2.05, 4.69) is 5.32 Å². The van der Waals surface area contributed by atoms with Gasteiger partial charge in [-0.3, -0.25) is 4.79 Å². The number of carbonyl (C=O) groups excluding carboxylic acids is 1. The van der Waals surface area contributed by atoms with E-state index >= 15 is 0 Å². The SMILES string of the molecule is CCOc1ccc(C(=O)CNc2ccccc2)cc1. The van der Waals surface area contributed by atoms with Crippen molar-refractivity contribution in [1.29, 1.82) is 0 Å². The molecular formula is C16H17NO2. The summed E-state index contributed by atoms with van der Waals surface area (Å²) in [6, 6.07) is 16.9. The Bertz CT molecular complexity index is 520. The molecule has 98 valence electrons. The summed E-state index contributed by atoms with van der Waals surface area (Å²) in [7, 11) is 0. The summed E-state index contributed by atoms with van der Waals surface area (Å²) < 4.78 is 5.34. The smallest absolute Gasteiger partial charge is 0.181 e. The van der Waals surface area contributed by atoms with Crippen LogP contribution in [0.15, 0.2) is 54.6 Å². The lowest BCUT2D eigenvalue weighted by atomic mass is 10.1. The second-order valence-electron chi connectivity index (χ2n) is 4.10. The maximum atomic E-state index is 12.0. The first-order chi connectivity index (χ1) is 9.29. The number of anilines is 1. The van der Waals surface area contributed by atoms with E-state index in [1.165, 1.54) is 0 Å². The van der Waals surface area contributed by atoms with Crippen LogP contribution < -0.4 is 10.1 Å². The summed E-state index contributed by atoms with van der Waals surface area (Å²) in [5, 5.41) is 3.10. The van der Waals surface area contributed by atoms with Crippen LogP contribution in [0.25, 0.3) is 0 Å². The van der Waals surface area contributed by atoms with Gasteiger partial charge in [0.15, 0.2) is 5.78 Å². The molecule has 0 aliphatic rings. The van der Waals surface area contributed by atoms with Crippen LogP contribution in [0.5, 0.6) is 5.75 Å². The summed E-state index contributed by atoms with van der Waals surface area (Å²) in [5.41, 5.74) is 1.63. The molecular weight excluding hydrogens is 238 g/mol. The van der Waals surface area contributed by atoms with E-state index in [4.69, 9.17) is 4.74 Å². The molecule has 0 unspecified atom stereocenters. The Morgan fingerprint density at radius 3 is 2.37 bits per heavy atom. The second-order valence-corrected chi connectivity index (χ2v) is 4.10. The lowest BCUT2D eigenvalue weighted by Crippen LogP contribution is -2.13. The lowest BCUT2D eigenvalue weighted by Gasteiger charge is -2.06. The highest BCUT2D eigenvalue weighted by Crippen LogP contribution is 2.13. The van der Waals surface area contributed by atoms with Crippen molar-refractivity contribution in [1.82, 2.24) is 0 Å². The van der Waals surface area contributed by atoms with Gasteiger partial charge in [-0.1, -0.05) is 18.2 Å². The van der Waals surface area contributed by atoms with E-state index in [1.54, 1.807) is 12.1 Å². The van der Waals surface area contributed by atoms with Crippen molar-refractivity contribution in [2.24, 2.45) is 0 Å². The average molecular weight is 255 g/mol. The standard InChI is InChI=1S/C16H17NO2/c1-2-19-15-10-8-13(9-11-15)16(18)12-17-14-6-4-3-5-7-14/h3-11,17H,2,12H2,1H3. The molecule has 2 rings (SSSR count). The van der Waals surface area contributed by atoms with Crippen molar-refractivity contribution in [2.75, 3.05) is 18.5 Å². The first-order valence-corrected chi connectivity index (χ1v) is 6.34. The minimum Gasteiger partial charge on any atom is -0.494 e. The van der Waals surface area contributed by atoms with Crippen LogP contribution in [0.1, 0.15) is 17.3 Å². The van der Waals surface area contributed by atoms with Gasteiger partial charge in [0.25, 0.3) is 0 Å². The fourth-order valence-corrected chi connectivity index (χ4v) is 1.74. The quantitative estimate of drug-likeness (QED) is 0.804. The van der Waals surface area contributed by atoms with Gasteiger partial charge in [0.2, 0.25) is 0 Å². The van der Waals surface area contributed by atoms with Gasteiger partial charge in [0.1, 0.15) is 5.75 Å². The fourth-order valence-electron chi connectivity index (χ4n) is 1.74. The van der Waals surface area contributed by atoms with E-state index < -0.39 is 0 Å². The predicted octanol–water partition coefficient (Wildman–Crippen LogP) is 3.38. The summed E-state index contributed by atoms with van der Waals surface area (Å²) in [6.45, 7) is 2.85. The fraction of sp³-hybridized carbons (Fsp3) is 0.188. The minimum absolute atomic E-state index is 0.0619. The summed E-state index contributed by atoms with van der Waals surface area (Å²) in [4.78, 5) is 12.0. The van der Waals surface area contributed by atoms with Crippen LogP contribution in [0.2, 0.25) is 0 Å². The highest BCUT2D eigenvalue weighted by Gasteiger charge is 2.05. The normalized spacial score (nSPS) is 9.95. The lowest BCUT2D eigenvalue weighted by molar-refractivity contribution is 0.101. The monoisotopic (exact) mass is 255 g/mol. The Morgan fingerprint density at radius 2 is 1.74 bits per heavy atom. The van der Waals surface area contributed by atoms with Crippen molar-refractivity contribution in [2.45, 2.75) is 6.92 Å². The number of rotatable bonds is 6. The van der Waals surface area contributed by atoms with Crippen molar-refractivity contribution < 1.29 is 9.53 Å². The average Bonchev–Trinajstić information content (AvgIpc) is 2.47. The van der Waals surface area contributed by atoms with Crippen LogP contribution in [0.3, 0.4) is 0 Å². The van der Waals surface area contributed by atoms with Crippen molar-refractivity contribution in [3.63, 3.8) is 0 Å². The molecule has 1 N–H and O–H groups in total. The second kappa shape index (κ2) is 6.59. The molecule has 0 aliphatic heterocycles. The number of carbonyl (C=O) groups is 1. The first-order valence-electron chi connectivity index (χ1n) is 6.34. The van der Waals surface area contributed by atoms with Gasteiger partial charge in [-0.15, -0.1) is 0 Å². The molecule has 0 fully saturated rings. The van der Waals surface area contributed by atoms with Gasteiger partial charge in [0.05, 0.1) is 13.2 Å². The molecule has 19 heavy (non-hydrogen) atoms. The number of ether oxygens (including phenoxy) is 1. The molecule has 3 heteroatoms. The predicted molar refractivity (Wildman–Crippen MR) is 76.9 cm³/mol. The van der Waals surface area contributed by atoms with Gasteiger partial charge in [0, 0.05) is 11.3 Å². The summed E-state index contributed by atoms with van der Waals surface area (Å²) >= 11 is 0. The summed E-state index contributed by atoms with van der Waals surface area (Å²) in [6.07, 6.45) is 0. The minimum atomic E-state index is 0.0619. The zero-order valence-corrected chi connectivity index (χ0v) is 10.9. The Balaban J connectivity index is 1.92. The molecule has 0 amide bonds. The Kier molecular flexibility index (Phi) is 4.56. The zero-order valence-electron chi connectivity index (χ0n) is 10.9. The highest BCUT2D eigenvalue weighted by atomic mass is 16.5. The van der Waals surface area contributed by atoms with Gasteiger partial charge in [-0.05, 0) is 43.3 Å². The van der Waals surface area contributed by atoms with Gasteiger partial charge >= 0.3 is 0 Å². The van der Waals surface area contributed by atoms with Gasteiger partial charge in [-0.2, -0.15) is 0 Å². The van der Waals surface area contributed by atoms with E-state index in [1.807, 2.05) is 49.4 Å². The van der Waals surface area contributed by atoms with Crippen LogP contribution >= 0.6 is 0 Å². The maximum absolute atomic E-state index is 12.0. The van der Waals surface area contributed by atoms with Crippen LogP contribution in [-0.2, 0) is 0 Å². The Hall–Kier alpha value is -2.29. The van der Waals surface area contributed by atoms with Crippen LogP contribution in [0, 0.1) is 0 Å². The van der Waals surface area contributed by atoms with Crippen molar-refractivity contribution in [3.8, 4) is 5.75 Å². The molecule has 2 aromatic rings. The molecule has 0 saturated heterocycles. The molecule has 0 heterocycles. The topological polar surface area (TPSA) is 38.3 Å². The number of benzene rings is 2. The van der Waals surface area contributed by atoms with E-state index in [0.717, 1.165) is 11.4 Å². The third-order valence-electron chi connectivity index (χ3n) is 2.71. The highest BCUT2D eigenvalue weighted by molar-refractivity contribution is 5.99. The molecule has 0 radical (unpaired) electrons. The van der Waals surface area contributed by atoms with Crippen LogP contribution in [0.4, 0.5) is 5.69 Å². The third-order valence-corrected chi connectivity index (χ3v) is 2.71. The molecule has 0 bridgehead atoms. The number of hydrogen-bond acceptors (Lipinski definition) is 3. The first kappa shape index (κ1) is 13.1. The number of nitrogens with one attached hydrogen (secondary N) is 1. The van der Waals surface area contributed by atoms with Crippen molar-refractivity contribution >= 4 is 11.5 Å². The number of ketones is 1. The Morgan fingerprint density at radius 1 is 1.05 bits per heavy atom. The van der Waals surface area contributed by atoms with Crippen LogP contribution in [-0.4, -0.2) is 18.9 Å². The van der Waals surface area contributed by atoms with Gasteiger partial charge in [-0.25, -0.2) is 0 Å². The number of hydrogen-bond donors (Lipinski definition) is 1. The largest absolute Gasteiger partial charge is 0.494 e. The third kappa shape index (κ3) is 3.85. The Labute approximate surface area is 113 Å². The van der Waals surface area contributed by atoms with Gasteiger partial charge < -0.3 is 10.1 Å².